The molecular weight excluding hydrogens is 186 g/mol. The lowest BCUT2D eigenvalue weighted by molar-refractivity contribution is 0.316. The minimum atomic E-state index is 0.956. The minimum Gasteiger partial charge on any atom is -0.369 e. The Morgan fingerprint density at radius 1 is 1.27 bits per heavy atom. The summed E-state index contributed by atoms with van der Waals surface area (Å²) >= 11 is 0. The van der Waals surface area contributed by atoms with Gasteiger partial charge >= 0.3 is 0 Å². The number of nitrogens with zero attached hydrogens (tertiary/aromatic N) is 2. The van der Waals surface area contributed by atoms with Gasteiger partial charge in [-0.05, 0) is 31.6 Å². The number of nitrogens with one attached hydrogen (secondary N) is 1. The van der Waals surface area contributed by atoms with Gasteiger partial charge in [-0.3, -0.25) is 0 Å². The molecule has 3 heteroatoms. The summed E-state index contributed by atoms with van der Waals surface area (Å²) < 4.78 is 0. The molecule has 1 rings (SSSR count). The lowest BCUT2D eigenvalue weighted by Gasteiger charge is -2.18. The first-order valence-electron chi connectivity index (χ1n) is 5.65. The number of rotatable bonds is 6. The smallest absolute Gasteiger partial charge is 0.125 e. The predicted molar refractivity (Wildman–Crippen MR) is 65.3 cm³/mol. The molecule has 0 amide bonds. The van der Waals surface area contributed by atoms with Crippen molar-refractivity contribution in [2.24, 2.45) is 0 Å². The van der Waals surface area contributed by atoms with E-state index in [0.29, 0.717) is 0 Å². The van der Waals surface area contributed by atoms with Crippen molar-refractivity contribution in [3.8, 4) is 0 Å². The highest BCUT2D eigenvalue weighted by atomic mass is 15.1. The topological polar surface area (TPSA) is 28.2 Å². The molecule has 0 aliphatic carbocycles. The normalized spacial score (nSPS) is 10.7. The first-order valence-corrected chi connectivity index (χ1v) is 5.65. The summed E-state index contributed by atoms with van der Waals surface area (Å²) in [4.78, 5) is 6.69. The highest BCUT2D eigenvalue weighted by Gasteiger charge is 1.98. The van der Waals surface area contributed by atoms with Gasteiger partial charge in [0.25, 0.3) is 0 Å². The molecule has 0 atom stereocenters. The lowest BCUT2D eigenvalue weighted by Crippen LogP contribution is -2.28. The third-order valence-corrected chi connectivity index (χ3v) is 2.54. The average Bonchev–Trinajstić information content (AvgIpc) is 2.27. The second-order valence-corrected chi connectivity index (χ2v) is 3.67. The Morgan fingerprint density at radius 3 is 2.53 bits per heavy atom. The maximum atomic E-state index is 4.30. The van der Waals surface area contributed by atoms with Crippen LogP contribution in [-0.4, -0.2) is 36.1 Å². The van der Waals surface area contributed by atoms with E-state index in [2.05, 4.69) is 35.1 Å². The molecule has 0 unspecified atom stereocenters. The highest BCUT2D eigenvalue weighted by molar-refractivity contribution is 5.34. The summed E-state index contributed by atoms with van der Waals surface area (Å²) in [6.45, 7) is 10.7. The van der Waals surface area contributed by atoms with Crippen LogP contribution in [-0.2, 0) is 0 Å². The van der Waals surface area contributed by atoms with Crippen molar-refractivity contribution in [1.29, 1.82) is 0 Å². The molecular formula is C12H21N3. The van der Waals surface area contributed by atoms with Crippen molar-refractivity contribution in [1.82, 2.24) is 9.88 Å². The third-order valence-electron chi connectivity index (χ3n) is 2.54. The largest absolute Gasteiger partial charge is 0.369 e. The Bertz CT molecular complexity index is 265. The third kappa shape index (κ3) is 4.30. The number of hydrogen-bond acceptors (Lipinski definition) is 3. The molecule has 15 heavy (non-hydrogen) atoms. The molecule has 0 saturated carbocycles. The van der Waals surface area contributed by atoms with Gasteiger partial charge in [0.05, 0.1) is 0 Å². The molecule has 0 aliphatic heterocycles. The van der Waals surface area contributed by atoms with Crippen LogP contribution in [0, 0.1) is 6.92 Å². The molecule has 84 valence electrons. The van der Waals surface area contributed by atoms with Crippen LogP contribution in [0.5, 0.6) is 0 Å². The van der Waals surface area contributed by atoms with E-state index < -0.39 is 0 Å². The number of anilines is 1. The summed E-state index contributed by atoms with van der Waals surface area (Å²) in [6.07, 6.45) is 1.89. The van der Waals surface area contributed by atoms with Gasteiger partial charge in [0, 0.05) is 19.3 Å². The van der Waals surface area contributed by atoms with Gasteiger partial charge in [-0.1, -0.05) is 19.9 Å². The van der Waals surface area contributed by atoms with E-state index in [9.17, 15) is 0 Å². The number of aromatic nitrogens is 1. The lowest BCUT2D eigenvalue weighted by atomic mass is 10.3. The number of aryl methyl sites for hydroxylation is 1. The summed E-state index contributed by atoms with van der Waals surface area (Å²) in [6, 6.07) is 4.10. The van der Waals surface area contributed by atoms with Crippen LogP contribution in [0.15, 0.2) is 18.3 Å². The van der Waals surface area contributed by atoms with Crippen molar-refractivity contribution in [3.63, 3.8) is 0 Å². The Kier molecular flexibility index (Phi) is 5.12. The number of likely N-dealkylation sites (N-methyl/N-ethyl adjacent to an activating group) is 1. The first-order chi connectivity index (χ1) is 7.26. The van der Waals surface area contributed by atoms with Crippen LogP contribution in [0.25, 0.3) is 0 Å². The molecule has 0 spiro atoms. The molecule has 0 fully saturated rings. The van der Waals surface area contributed by atoms with Crippen molar-refractivity contribution in [3.05, 3.63) is 23.9 Å². The fraction of sp³-hybridized carbons (Fsp3) is 0.583. The van der Waals surface area contributed by atoms with Crippen LogP contribution in [0.1, 0.15) is 19.4 Å². The van der Waals surface area contributed by atoms with Gasteiger partial charge in [-0.25, -0.2) is 4.98 Å². The molecule has 1 aromatic rings. The zero-order valence-corrected chi connectivity index (χ0v) is 9.95. The predicted octanol–water partition coefficient (Wildman–Crippen LogP) is 2.14. The van der Waals surface area contributed by atoms with Crippen molar-refractivity contribution >= 4 is 5.82 Å². The van der Waals surface area contributed by atoms with Crippen LogP contribution < -0.4 is 5.32 Å². The minimum absolute atomic E-state index is 0.956. The second-order valence-electron chi connectivity index (χ2n) is 3.67. The van der Waals surface area contributed by atoms with Gasteiger partial charge < -0.3 is 10.2 Å². The van der Waals surface area contributed by atoms with Crippen LogP contribution >= 0.6 is 0 Å². The summed E-state index contributed by atoms with van der Waals surface area (Å²) in [5.41, 5.74) is 1.20. The van der Waals surface area contributed by atoms with Crippen LogP contribution in [0.3, 0.4) is 0 Å². The maximum absolute atomic E-state index is 4.30. The Labute approximate surface area is 92.5 Å². The van der Waals surface area contributed by atoms with E-state index in [1.807, 2.05) is 19.2 Å². The zero-order chi connectivity index (χ0) is 11.1. The van der Waals surface area contributed by atoms with Gasteiger partial charge in [0.2, 0.25) is 0 Å². The molecule has 0 aromatic carbocycles. The van der Waals surface area contributed by atoms with Gasteiger partial charge in [0.1, 0.15) is 5.82 Å². The molecule has 1 aromatic heterocycles. The van der Waals surface area contributed by atoms with Gasteiger partial charge in [0.15, 0.2) is 0 Å². The Morgan fingerprint density at radius 2 is 2.00 bits per heavy atom. The SMILES string of the molecule is CCN(CC)CCNc1ccc(C)cn1. The van der Waals surface area contributed by atoms with Crippen molar-refractivity contribution in [2.45, 2.75) is 20.8 Å². The number of hydrogen-bond donors (Lipinski definition) is 1. The van der Waals surface area contributed by atoms with E-state index in [1.165, 1.54) is 5.56 Å². The Hall–Kier alpha value is -1.09. The van der Waals surface area contributed by atoms with Crippen molar-refractivity contribution < 1.29 is 0 Å². The summed E-state index contributed by atoms with van der Waals surface area (Å²) in [7, 11) is 0. The molecule has 3 nitrogen and oxygen atoms in total. The van der Waals surface area contributed by atoms with Gasteiger partial charge in [-0.2, -0.15) is 0 Å². The van der Waals surface area contributed by atoms with E-state index in [1.54, 1.807) is 0 Å². The van der Waals surface area contributed by atoms with Crippen LogP contribution in [0.4, 0.5) is 5.82 Å². The molecule has 0 radical (unpaired) electrons. The Balaban J connectivity index is 2.28. The van der Waals surface area contributed by atoms with E-state index >= 15 is 0 Å². The van der Waals surface area contributed by atoms with Crippen molar-refractivity contribution in [2.75, 3.05) is 31.5 Å². The van der Waals surface area contributed by atoms with Gasteiger partial charge in [-0.15, -0.1) is 0 Å². The molecule has 0 aliphatic rings. The maximum Gasteiger partial charge on any atom is 0.125 e. The van der Waals surface area contributed by atoms with E-state index in [4.69, 9.17) is 0 Å². The molecule has 1 N–H and O–H groups in total. The number of pyridine rings is 1. The summed E-state index contributed by atoms with van der Waals surface area (Å²) in [5, 5.41) is 3.32. The monoisotopic (exact) mass is 207 g/mol. The van der Waals surface area contributed by atoms with E-state index in [0.717, 1.165) is 32.0 Å². The van der Waals surface area contributed by atoms with E-state index in [-0.39, 0.29) is 0 Å². The van der Waals surface area contributed by atoms with Crippen LogP contribution in [0.2, 0.25) is 0 Å². The first kappa shape index (κ1) is 12.0. The standard InChI is InChI=1S/C12H21N3/c1-4-15(5-2)9-8-13-12-7-6-11(3)10-14-12/h6-7,10H,4-5,8-9H2,1-3H3,(H,13,14). The molecule has 0 bridgehead atoms. The zero-order valence-electron chi connectivity index (χ0n) is 9.95. The second kappa shape index (κ2) is 6.40. The summed E-state index contributed by atoms with van der Waals surface area (Å²) in [5.74, 6) is 0.966. The molecule has 0 saturated heterocycles. The fourth-order valence-electron chi connectivity index (χ4n) is 1.45. The highest BCUT2D eigenvalue weighted by Crippen LogP contribution is 2.02. The fourth-order valence-corrected chi connectivity index (χ4v) is 1.45. The quantitative estimate of drug-likeness (QED) is 0.774. The average molecular weight is 207 g/mol. The molecule has 1 heterocycles.